The van der Waals surface area contributed by atoms with Gasteiger partial charge in [-0.05, 0) is 24.1 Å². The van der Waals surface area contributed by atoms with E-state index in [1.54, 1.807) is 18.4 Å². The van der Waals surface area contributed by atoms with Crippen molar-refractivity contribution in [3.8, 4) is 0 Å². The first-order valence-corrected chi connectivity index (χ1v) is 5.13. The van der Waals surface area contributed by atoms with Crippen LogP contribution in [0.15, 0.2) is 59.2 Å². The highest BCUT2D eigenvalue weighted by Crippen LogP contribution is 2.13. The Morgan fingerprint density at radius 1 is 1.12 bits per heavy atom. The standard InChI is InChI=1S/C14H12O2/c15-11-13(14-7-4-10-16-14)9-8-12-5-2-1-3-6-12/h1-7,9-11H,8H2/b13-9-. The average Bonchev–Trinajstić information content (AvgIpc) is 2.85. The molecule has 0 aliphatic carbocycles. The van der Waals surface area contributed by atoms with E-state index in [2.05, 4.69) is 0 Å². The van der Waals surface area contributed by atoms with E-state index < -0.39 is 0 Å². The van der Waals surface area contributed by atoms with Crippen molar-refractivity contribution in [3.63, 3.8) is 0 Å². The van der Waals surface area contributed by atoms with Crippen LogP contribution < -0.4 is 0 Å². The zero-order valence-electron chi connectivity index (χ0n) is 8.80. The number of allylic oxidation sites excluding steroid dienone is 2. The summed E-state index contributed by atoms with van der Waals surface area (Å²) in [5, 5.41) is 0. The van der Waals surface area contributed by atoms with E-state index in [1.807, 2.05) is 36.4 Å². The van der Waals surface area contributed by atoms with Crippen molar-refractivity contribution in [2.45, 2.75) is 6.42 Å². The lowest BCUT2D eigenvalue weighted by Gasteiger charge is -1.97. The summed E-state index contributed by atoms with van der Waals surface area (Å²) in [6.45, 7) is 0. The van der Waals surface area contributed by atoms with E-state index >= 15 is 0 Å². The van der Waals surface area contributed by atoms with Crippen LogP contribution in [0.4, 0.5) is 0 Å². The molecule has 0 aliphatic rings. The lowest BCUT2D eigenvalue weighted by Crippen LogP contribution is -1.86. The minimum absolute atomic E-state index is 0.592. The molecule has 2 rings (SSSR count). The summed E-state index contributed by atoms with van der Waals surface area (Å²) in [5.74, 6) is 0.617. The molecule has 2 heteroatoms. The van der Waals surface area contributed by atoms with Crippen LogP contribution in [-0.4, -0.2) is 6.29 Å². The second-order valence-corrected chi connectivity index (χ2v) is 3.44. The van der Waals surface area contributed by atoms with Crippen molar-refractivity contribution in [1.29, 1.82) is 0 Å². The molecule has 0 unspecified atom stereocenters. The summed E-state index contributed by atoms with van der Waals surface area (Å²) in [6.07, 6.45) is 4.99. The van der Waals surface area contributed by atoms with Crippen LogP contribution in [0.1, 0.15) is 11.3 Å². The molecule has 1 heterocycles. The molecule has 0 bridgehead atoms. The number of carbonyl (C=O) groups is 1. The van der Waals surface area contributed by atoms with Gasteiger partial charge >= 0.3 is 0 Å². The molecular formula is C14H12O2. The Labute approximate surface area is 94.2 Å². The summed E-state index contributed by atoms with van der Waals surface area (Å²) in [6, 6.07) is 13.6. The maximum Gasteiger partial charge on any atom is 0.153 e. The normalized spacial score (nSPS) is 11.4. The largest absolute Gasteiger partial charge is 0.464 e. The summed E-state index contributed by atoms with van der Waals surface area (Å²) in [7, 11) is 0. The van der Waals surface area contributed by atoms with Crippen LogP contribution >= 0.6 is 0 Å². The van der Waals surface area contributed by atoms with E-state index in [-0.39, 0.29) is 0 Å². The fourth-order valence-corrected chi connectivity index (χ4v) is 1.49. The molecule has 80 valence electrons. The number of aldehydes is 1. The number of furan rings is 1. The van der Waals surface area contributed by atoms with Crippen molar-refractivity contribution < 1.29 is 9.21 Å². The van der Waals surface area contributed by atoms with Gasteiger partial charge in [0.2, 0.25) is 0 Å². The number of hydrogen-bond acceptors (Lipinski definition) is 2. The molecule has 2 nitrogen and oxygen atoms in total. The Morgan fingerprint density at radius 2 is 1.94 bits per heavy atom. The highest BCUT2D eigenvalue weighted by atomic mass is 16.3. The second kappa shape index (κ2) is 5.12. The third-order valence-corrected chi connectivity index (χ3v) is 2.33. The van der Waals surface area contributed by atoms with Crippen molar-refractivity contribution in [1.82, 2.24) is 0 Å². The predicted octanol–water partition coefficient (Wildman–Crippen LogP) is 3.10. The summed E-state index contributed by atoms with van der Waals surface area (Å²) >= 11 is 0. The predicted molar refractivity (Wildman–Crippen MR) is 62.9 cm³/mol. The quantitative estimate of drug-likeness (QED) is 0.575. The minimum atomic E-state index is 0.592. The Bertz CT molecular complexity index is 467. The number of rotatable bonds is 4. The lowest BCUT2D eigenvalue weighted by molar-refractivity contribution is -0.103. The molecule has 0 fully saturated rings. The summed E-state index contributed by atoms with van der Waals surface area (Å²) in [5.41, 5.74) is 1.77. The maximum atomic E-state index is 10.9. The van der Waals surface area contributed by atoms with Crippen LogP contribution in [0.25, 0.3) is 5.57 Å². The van der Waals surface area contributed by atoms with Crippen LogP contribution in [0.2, 0.25) is 0 Å². The Hall–Kier alpha value is -2.09. The Morgan fingerprint density at radius 3 is 2.56 bits per heavy atom. The molecule has 0 radical (unpaired) electrons. The first-order valence-electron chi connectivity index (χ1n) is 5.13. The fraction of sp³-hybridized carbons (Fsp3) is 0.0714. The van der Waals surface area contributed by atoms with Crippen molar-refractivity contribution in [2.24, 2.45) is 0 Å². The molecule has 1 aromatic heterocycles. The molecule has 1 aromatic carbocycles. The van der Waals surface area contributed by atoms with Gasteiger partial charge in [-0.15, -0.1) is 0 Å². The smallest absolute Gasteiger partial charge is 0.153 e. The molecule has 0 aliphatic heterocycles. The molecule has 0 amide bonds. The summed E-state index contributed by atoms with van der Waals surface area (Å²) < 4.78 is 5.18. The zero-order chi connectivity index (χ0) is 11.2. The van der Waals surface area contributed by atoms with Gasteiger partial charge in [0.15, 0.2) is 6.29 Å². The van der Waals surface area contributed by atoms with Crippen LogP contribution in [-0.2, 0) is 11.2 Å². The maximum absolute atomic E-state index is 10.9. The van der Waals surface area contributed by atoms with E-state index in [0.29, 0.717) is 11.3 Å². The van der Waals surface area contributed by atoms with Gasteiger partial charge in [0.25, 0.3) is 0 Å². The van der Waals surface area contributed by atoms with Gasteiger partial charge in [-0.25, -0.2) is 0 Å². The molecule has 0 saturated heterocycles. The van der Waals surface area contributed by atoms with Gasteiger partial charge in [-0.3, -0.25) is 4.79 Å². The number of benzene rings is 1. The number of hydrogen-bond donors (Lipinski definition) is 0. The van der Waals surface area contributed by atoms with Gasteiger partial charge in [-0.2, -0.15) is 0 Å². The highest BCUT2D eigenvalue weighted by Gasteiger charge is 2.02. The van der Waals surface area contributed by atoms with E-state index in [9.17, 15) is 4.79 Å². The van der Waals surface area contributed by atoms with Gasteiger partial charge < -0.3 is 4.42 Å². The molecule has 2 aromatic rings. The molecule has 0 spiro atoms. The SMILES string of the molecule is O=C/C(=C/Cc1ccccc1)c1ccco1. The van der Waals surface area contributed by atoms with Crippen LogP contribution in [0.3, 0.4) is 0 Å². The zero-order valence-corrected chi connectivity index (χ0v) is 8.80. The number of carbonyl (C=O) groups excluding carboxylic acids is 1. The second-order valence-electron chi connectivity index (χ2n) is 3.44. The minimum Gasteiger partial charge on any atom is -0.464 e. The van der Waals surface area contributed by atoms with Crippen LogP contribution in [0, 0.1) is 0 Å². The fourth-order valence-electron chi connectivity index (χ4n) is 1.49. The molecule has 0 atom stereocenters. The first kappa shape index (κ1) is 10.4. The third kappa shape index (κ3) is 2.48. The van der Waals surface area contributed by atoms with E-state index in [0.717, 1.165) is 12.7 Å². The van der Waals surface area contributed by atoms with Crippen molar-refractivity contribution in [2.75, 3.05) is 0 Å². The lowest BCUT2D eigenvalue weighted by atomic mass is 10.1. The Kier molecular flexibility index (Phi) is 3.34. The first-order chi connectivity index (χ1) is 7.90. The van der Waals surface area contributed by atoms with Gasteiger partial charge in [0.05, 0.1) is 11.8 Å². The highest BCUT2D eigenvalue weighted by molar-refractivity contribution is 6.05. The van der Waals surface area contributed by atoms with Crippen LogP contribution in [0.5, 0.6) is 0 Å². The molecular weight excluding hydrogens is 200 g/mol. The van der Waals surface area contributed by atoms with Gasteiger partial charge in [0.1, 0.15) is 5.76 Å². The van der Waals surface area contributed by atoms with Crippen molar-refractivity contribution in [3.05, 3.63) is 66.1 Å². The van der Waals surface area contributed by atoms with Gasteiger partial charge in [0, 0.05) is 0 Å². The van der Waals surface area contributed by atoms with E-state index in [4.69, 9.17) is 4.42 Å². The molecule has 16 heavy (non-hydrogen) atoms. The molecule has 0 N–H and O–H groups in total. The van der Waals surface area contributed by atoms with Gasteiger partial charge in [-0.1, -0.05) is 36.4 Å². The third-order valence-electron chi connectivity index (χ3n) is 2.33. The molecule has 0 saturated carbocycles. The average molecular weight is 212 g/mol. The monoisotopic (exact) mass is 212 g/mol. The topological polar surface area (TPSA) is 30.2 Å². The Balaban J connectivity index is 2.14. The van der Waals surface area contributed by atoms with Crippen molar-refractivity contribution >= 4 is 11.9 Å². The van der Waals surface area contributed by atoms with E-state index in [1.165, 1.54) is 5.56 Å². The summed E-state index contributed by atoms with van der Waals surface area (Å²) in [4.78, 5) is 10.9.